The fourth-order valence-electron chi connectivity index (χ4n) is 3.78. The SMILES string of the molecule is CCCNC(c1cc(Br)c(Br)s1)C1C2CCCCC21. The number of hydrogen-bond donors (Lipinski definition) is 1. The van der Waals surface area contributed by atoms with Gasteiger partial charge in [0.25, 0.3) is 0 Å². The molecule has 0 radical (unpaired) electrons. The summed E-state index contributed by atoms with van der Waals surface area (Å²) >= 11 is 9.17. The van der Waals surface area contributed by atoms with Crippen LogP contribution >= 0.6 is 43.2 Å². The summed E-state index contributed by atoms with van der Waals surface area (Å²) in [5.41, 5.74) is 0. The lowest BCUT2D eigenvalue weighted by atomic mass is 10.0. The summed E-state index contributed by atoms with van der Waals surface area (Å²) in [5.74, 6) is 2.90. The lowest BCUT2D eigenvalue weighted by Crippen LogP contribution is -2.24. The highest BCUT2D eigenvalue weighted by molar-refractivity contribution is 9.13. The molecule has 3 unspecified atom stereocenters. The van der Waals surface area contributed by atoms with Crippen LogP contribution in [0.1, 0.15) is 49.9 Å². The Morgan fingerprint density at radius 2 is 2.00 bits per heavy atom. The molecule has 1 aromatic rings. The maximum atomic E-state index is 3.81. The highest BCUT2D eigenvalue weighted by Crippen LogP contribution is 2.61. The Labute approximate surface area is 136 Å². The van der Waals surface area contributed by atoms with Crippen LogP contribution in [0.15, 0.2) is 14.3 Å². The molecule has 19 heavy (non-hydrogen) atoms. The zero-order chi connectivity index (χ0) is 13.4. The van der Waals surface area contributed by atoms with Gasteiger partial charge in [-0.1, -0.05) is 19.8 Å². The smallest absolute Gasteiger partial charge is 0.0843 e. The lowest BCUT2D eigenvalue weighted by molar-refractivity contribution is 0.452. The lowest BCUT2D eigenvalue weighted by Gasteiger charge is -2.17. The molecule has 2 aliphatic carbocycles. The summed E-state index contributed by atoms with van der Waals surface area (Å²) in [6.45, 7) is 3.39. The highest BCUT2D eigenvalue weighted by atomic mass is 79.9. The second-order valence-electron chi connectivity index (χ2n) is 5.89. The number of thiophene rings is 1. The van der Waals surface area contributed by atoms with Crippen molar-refractivity contribution < 1.29 is 0 Å². The Bertz CT molecular complexity index is 414. The number of fused-ring (bicyclic) bond motifs is 1. The van der Waals surface area contributed by atoms with Crippen molar-refractivity contribution in [1.82, 2.24) is 5.32 Å². The molecule has 1 nitrogen and oxygen atoms in total. The monoisotopic (exact) mass is 405 g/mol. The van der Waals surface area contributed by atoms with E-state index in [4.69, 9.17) is 0 Å². The van der Waals surface area contributed by atoms with E-state index in [1.165, 1.54) is 45.2 Å². The van der Waals surface area contributed by atoms with Crippen LogP contribution in [-0.2, 0) is 0 Å². The maximum absolute atomic E-state index is 3.81. The number of nitrogens with one attached hydrogen (secondary N) is 1. The van der Waals surface area contributed by atoms with Crippen LogP contribution in [0.5, 0.6) is 0 Å². The number of hydrogen-bond acceptors (Lipinski definition) is 2. The molecular weight excluding hydrogens is 386 g/mol. The summed E-state index contributed by atoms with van der Waals surface area (Å²) in [7, 11) is 0. The highest BCUT2D eigenvalue weighted by Gasteiger charge is 2.54. The third-order valence-electron chi connectivity index (χ3n) is 4.69. The van der Waals surface area contributed by atoms with Crippen LogP contribution < -0.4 is 5.32 Å². The van der Waals surface area contributed by atoms with Crippen molar-refractivity contribution in [1.29, 1.82) is 0 Å². The Morgan fingerprint density at radius 3 is 2.53 bits per heavy atom. The molecule has 0 saturated heterocycles. The molecule has 3 rings (SSSR count). The standard InChI is InChI=1S/C15H21Br2NS/c1-2-7-18-14(12-8-11(16)15(17)19-12)13-9-5-3-4-6-10(9)13/h8-10,13-14,18H,2-7H2,1H3. The molecule has 1 aromatic heterocycles. The zero-order valence-corrected chi connectivity index (χ0v) is 15.3. The minimum absolute atomic E-state index is 0.584. The van der Waals surface area contributed by atoms with E-state index >= 15 is 0 Å². The first kappa shape index (κ1) is 14.6. The normalized spacial score (nSPS) is 31.0. The first-order chi connectivity index (χ1) is 9.22. The second-order valence-corrected chi connectivity index (χ2v) is 9.15. The van der Waals surface area contributed by atoms with Crippen LogP contribution in [-0.4, -0.2) is 6.54 Å². The molecule has 1 N–H and O–H groups in total. The van der Waals surface area contributed by atoms with Gasteiger partial charge in [-0.25, -0.2) is 0 Å². The third-order valence-corrected chi connectivity index (χ3v) is 8.03. The molecule has 4 heteroatoms. The topological polar surface area (TPSA) is 12.0 Å². The molecule has 0 aliphatic heterocycles. The average Bonchev–Trinajstić information content (AvgIpc) is 3.03. The van der Waals surface area contributed by atoms with Gasteiger partial charge in [0.2, 0.25) is 0 Å². The third kappa shape index (κ3) is 2.97. The van der Waals surface area contributed by atoms with E-state index in [-0.39, 0.29) is 0 Å². The van der Waals surface area contributed by atoms with E-state index in [9.17, 15) is 0 Å². The van der Waals surface area contributed by atoms with Crippen molar-refractivity contribution in [3.63, 3.8) is 0 Å². The van der Waals surface area contributed by atoms with Crippen LogP contribution in [0.4, 0.5) is 0 Å². The van der Waals surface area contributed by atoms with Crippen molar-refractivity contribution in [2.24, 2.45) is 17.8 Å². The fourth-order valence-corrected chi connectivity index (χ4v) is 6.01. The molecule has 2 aliphatic rings. The van der Waals surface area contributed by atoms with E-state index < -0.39 is 0 Å². The van der Waals surface area contributed by atoms with Gasteiger partial charge < -0.3 is 5.32 Å². The van der Waals surface area contributed by atoms with Gasteiger partial charge in [0.15, 0.2) is 0 Å². The van der Waals surface area contributed by atoms with E-state index in [2.05, 4.69) is 50.2 Å². The van der Waals surface area contributed by atoms with Crippen LogP contribution in [0.3, 0.4) is 0 Å². The van der Waals surface area contributed by atoms with Crippen LogP contribution in [0, 0.1) is 17.8 Å². The minimum atomic E-state index is 0.584. The Morgan fingerprint density at radius 1 is 1.32 bits per heavy atom. The maximum Gasteiger partial charge on any atom is 0.0843 e. The summed E-state index contributed by atoms with van der Waals surface area (Å²) in [6.07, 6.45) is 7.05. The van der Waals surface area contributed by atoms with Gasteiger partial charge in [0.05, 0.1) is 3.79 Å². The van der Waals surface area contributed by atoms with Crippen molar-refractivity contribution in [2.75, 3.05) is 6.54 Å². The van der Waals surface area contributed by atoms with Crippen LogP contribution in [0.25, 0.3) is 0 Å². The van der Waals surface area contributed by atoms with E-state index in [0.29, 0.717) is 6.04 Å². The van der Waals surface area contributed by atoms with Gasteiger partial charge >= 0.3 is 0 Å². The van der Waals surface area contributed by atoms with Crippen molar-refractivity contribution in [2.45, 2.75) is 45.1 Å². The second kappa shape index (κ2) is 6.17. The summed E-state index contributed by atoms with van der Waals surface area (Å²) in [6, 6.07) is 2.90. The molecule has 0 spiro atoms. The summed E-state index contributed by atoms with van der Waals surface area (Å²) < 4.78 is 2.44. The van der Waals surface area contributed by atoms with Gasteiger partial charge in [-0.3, -0.25) is 0 Å². The molecule has 0 amide bonds. The summed E-state index contributed by atoms with van der Waals surface area (Å²) in [4.78, 5) is 1.51. The predicted molar refractivity (Wildman–Crippen MR) is 89.7 cm³/mol. The quantitative estimate of drug-likeness (QED) is 0.656. The summed E-state index contributed by atoms with van der Waals surface area (Å²) in [5, 5.41) is 3.81. The Balaban J connectivity index is 1.77. The number of rotatable bonds is 5. The molecule has 0 bridgehead atoms. The zero-order valence-electron chi connectivity index (χ0n) is 11.3. The van der Waals surface area contributed by atoms with Gasteiger partial charge in [-0.15, -0.1) is 11.3 Å². The van der Waals surface area contributed by atoms with E-state index in [1.807, 2.05) is 11.3 Å². The molecule has 106 valence electrons. The first-order valence-corrected chi connectivity index (χ1v) is 9.80. The van der Waals surface area contributed by atoms with Gasteiger partial charge in [-0.2, -0.15) is 0 Å². The van der Waals surface area contributed by atoms with Gasteiger partial charge in [-0.05, 0) is 81.5 Å². The molecule has 2 fully saturated rings. The molecule has 1 heterocycles. The van der Waals surface area contributed by atoms with Crippen LogP contribution in [0.2, 0.25) is 0 Å². The fraction of sp³-hybridized carbons (Fsp3) is 0.733. The molecule has 0 aromatic carbocycles. The largest absolute Gasteiger partial charge is 0.309 e. The van der Waals surface area contributed by atoms with Gasteiger partial charge in [0, 0.05) is 15.4 Å². The molecule has 2 saturated carbocycles. The Hall–Kier alpha value is 0.620. The Kier molecular flexibility index (Phi) is 4.72. The predicted octanol–water partition coefficient (Wildman–Crippen LogP) is 5.75. The minimum Gasteiger partial charge on any atom is -0.309 e. The first-order valence-electron chi connectivity index (χ1n) is 7.40. The molecular formula is C15H21Br2NS. The van der Waals surface area contributed by atoms with Crippen molar-refractivity contribution >= 4 is 43.2 Å². The van der Waals surface area contributed by atoms with E-state index in [0.717, 1.165) is 24.3 Å². The molecule has 3 atom stereocenters. The number of halogens is 2. The van der Waals surface area contributed by atoms with Crippen molar-refractivity contribution in [3.05, 3.63) is 19.2 Å². The van der Waals surface area contributed by atoms with Crippen molar-refractivity contribution in [3.8, 4) is 0 Å². The van der Waals surface area contributed by atoms with E-state index in [1.54, 1.807) is 0 Å². The average molecular weight is 407 g/mol. The van der Waals surface area contributed by atoms with Gasteiger partial charge in [0.1, 0.15) is 0 Å².